The molecule has 1 atom stereocenters. The van der Waals surface area contributed by atoms with Gasteiger partial charge in [0.15, 0.2) is 0 Å². The van der Waals surface area contributed by atoms with Gasteiger partial charge >= 0.3 is 0 Å². The SMILES string of the molecule is N#CC1c2cc(Br)ccc2OCc2ncccc21. The van der Waals surface area contributed by atoms with Gasteiger partial charge in [0.05, 0.1) is 11.8 Å². The lowest BCUT2D eigenvalue weighted by Gasteiger charge is -2.11. The van der Waals surface area contributed by atoms with Gasteiger partial charge in [-0.15, -0.1) is 0 Å². The first-order valence-corrected chi connectivity index (χ1v) is 6.34. The molecule has 1 aliphatic rings. The smallest absolute Gasteiger partial charge is 0.131 e. The molecule has 3 rings (SSSR count). The third-order valence-corrected chi connectivity index (χ3v) is 3.51. The fourth-order valence-corrected chi connectivity index (χ4v) is 2.54. The highest BCUT2D eigenvalue weighted by Crippen LogP contribution is 2.37. The molecule has 1 unspecified atom stereocenters. The molecule has 4 heteroatoms. The van der Waals surface area contributed by atoms with Crippen molar-refractivity contribution in [3.8, 4) is 11.8 Å². The van der Waals surface area contributed by atoms with Crippen LogP contribution < -0.4 is 4.74 Å². The van der Waals surface area contributed by atoms with Crippen molar-refractivity contribution >= 4 is 15.9 Å². The molecule has 0 radical (unpaired) electrons. The Kier molecular flexibility index (Phi) is 2.77. The van der Waals surface area contributed by atoms with Gasteiger partial charge in [-0.1, -0.05) is 22.0 Å². The predicted molar refractivity (Wildman–Crippen MR) is 70.2 cm³/mol. The van der Waals surface area contributed by atoms with Crippen LogP contribution in [0, 0.1) is 11.3 Å². The fraction of sp³-hybridized carbons (Fsp3) is 0.143. The molecule has 0 fully saturated rings. The number of rotatable bonds is 0. The third kappa shape index (κ3) is 1.77. The highest BCUT2D eigenvalue weighted by atomic mass is 79.9. The van der Waals surface area contributed by atoms with Crippen molar-refractivity contribution in [1.82, 2.24) is 4.98 Å². The van der Waals surface area contributed by atoms with E-state index < -0.39 is 0 Å². The number of benzene rings is 1. The minimum absolute atomic E-state index is 0.330. The van der Waals surface area contributed by atoms with E-state index in [9.17, 15) is 5.26 Å². The molecule has 88 valence electrons. The summed E-state index contributed by atoms with van der Waals surface area (Å²) in [5, 5.41) is 9.45. The monoisotopic (exact) mass is 300 g/mol. The third-order valence-electron chi connectivity index (χ3n) is 3.01. The van der Waals surface area contributed by atoms with Crippen LogP contribution in [0.4, 0.5) is 0 Å². The van der Waals surface area contributed by atoms with Crippen LogP contribution in [0.15, 0.2) is 41.0 Å². The van der Waals surface area contributed by atoms with E-state index in [0.717, 1.165) is 27.0 Å². The van der Waals surface area contributed by atoms with E-state index in [0.29, 0.717) is 6.61 Å². The molecule has 3 nitrogen and oxygen atoms in total. The van der Waals surface area contributed by atoms with Crippen LogP contribution in [0.1, 0.15) is 22.7 Å². The maximum atomic E-state index is 9.45. The molecule has 0 aliphatic carbocycles. The maximum Gasteiger partial charge on any atom is 0.131 e. The average Bonchev–Trinajstić information content (AvgIpc) is 2.54. The molecule has 2 aromatic rings. The number of ether oxygens (including phenoxy) is 1. The Bertz CT molecular complexity index is 648. The molecule has 1 aromatic heterocycles. The van der Waals surface area contributed by atoms with Crippen LogP contribution in [0.5, 0.6) is 5.75 Å². The molecule has 0 saturated heterocycles. The largest absolute Gasteiger partial charge is 0.487 e. The topological polar surface area (TPSA) is 45.9 Å². The Balaban J connectivity index is 2.24. The van der Waals surface area contributed by atoms with Gasteiger partial charge in [0, 0.05) is 16.2 Å². The summed E-state index contributed by atoms with van der Waals surface area (Å²) in [7, 11) is 0. The van der Waals surface area contributed by atoms with Gasteiger partial charge in [-0.2, -0.15) is 5.26 Å². The highest BCUT2D eigenvalue weighted by Gasteiger charge is 2.25. The summed E-state index contributed by atoms with van der Waals surface area (Å²) in [6.45, 7) is 0.406. The summed E-state index contributed by atoms with van der Waals surface area (Å²) in [6.07, 6.45) is 1.72. The van der Waals surface area contributed by atoms with Gasteiger partial charge in [0.1, 0.15) is 18.3 Å². The average molecular weight is 301 g/mol. The summed E-state index contributed by atoms with van der Waals surface area (Å²) in [4.78, 5) is 4.30. The molecule has 2 heterocycles. The zero-order chi connectivity index (χ0) is 12.5. The Hall–Kier alpha value is -1.86. The zero-order valence-corrected chi connectivity index (χ0v) is 11.0. The molecule has 1 aromatic carbocycles. The predicted octanol–water partition coefficient (Wildman–Crippen LogP) is 3.39. The number of fused-ring (bicyclic) bond motifs is 2. The van der Waals surface area contributed by atoms with E-state index in [4.69, 9.17) is 4.74 Å². The summed E-state index contributed by atoms with van der Waals surface area (Å²) in [6, 6.07) is 11.9. The molecule has 0 amide bonds. The van der Waals surface area contributed by atoms with E-state index in [2.05, 4.69) is 27.0 Å². The van der Waals surface area contributed by atoms with Crippen molar-refractivity contribution in [2.24, 2.45) is 0 Å². The van der Waals surface area contributed by atoms with Crippen molar-refractivity contribution < 1.29 is 4.74 Å². The Labute approximate surface area is 113 Å². The minimum atomic E-state index is -0.330. The van der Waals surface area contributed by atoms with E-state index >= 15 is 0 Å². The number of pyridine rings is 1. The standard InChI is InChI=1S/C14H9BrN2O/c15-9-3-4-14-11(6-9)12(7-16)10-2-1-5-17-13(10)8-18-14/h1-6,12H,8H2. The summed E-state index contributed by atoms with van der Waals surface area (Å²) < 4.78 is 6.67. The second-order valence-corrected chi connectivity index (χ2v) is 4.99. The molecule has 0 spiro atoms. The summed E-state index contributed by atoms with van der Waals surface area (Å²) in [5.41, 5.74) is 2.65. The van der Waals surface area contributed by atoms with E-state index in [1.165, 1.54) is 0 Å². The minimum Gasteiger partial charge on any atom is -0.487 e. The normalized spacial score (nSPS) is 16.8. The number of hydrogen-bond donors (Lipinski definition) is 0. The lowest BCUT2D eigenvalue weighted by molar-refractivity contribution is 0.302. The molecular formula is C14H9BrN2O. The van der Waals surface area contributed by atoms with Crippen molar-refractivity contribution in [2.75, 3.05) is 0 Å². The molecule has 0 bridgehead atoms. The van der Waals surface area contributed by atoms with Gasteiger partial charge in [-0.25, -0.2) is 0 Å². The summed E-state index contributed by atoms with van der Waals surface area (Å²) in [5.74, 6) is 0.423. The van der Waals surface area contributed by atoms with E-state index in [-0.39, 0.29) is 5.92 Å². The molecule has 0 N–H and O–H groups in total. The van der Waals surface area contributed by atoms with Crippen LogP contribution in [-0.4, -0.2) is 4.98 Å². The molecular weight excluding hydrogens is 292 g/mol. The lowest BCUT2D eigenvalue weighted by Crippen LogP contribution is -2.01. The van der Waals surface area contributed by atoms with Crippen molar-refractivity contribution in [3.05, 3.63) is 57.8 Å². The van der Waals surface area contributed by atoms with Gasteiger partial charge in [0.25, 0.3) is 0 Å². The van der Waals surface area contributed by atoms with Gasteiger partial charge in [-0.05, 0) is 29.8 Å². The summed E-state index contributed by atoms with van der Waals surface area (Å²) >= 11 is 3.43. The highest BCUT2D eigenvalue weighted by molar-refractivity contribution is 9.10. The van der Waals surface area contributed by atoms with E-state index in [1.54, 1.807) is 6.20 Å². The number of nitrogens with zero attached hydrogens (tertiary/aromatic N) is 2. The first-order chi connectivity index (χ1) is 8.79. The number of nitriles is 1. The molecule has 18 heavy (non-hydrogen) atoms. The van der Waals surface area contributed by atoms with Crippen molar-refractivity contribution in [2.45, 2.75) is 12.5 Å². The van der Waals surface area contributed by atoms with E-state index in [1.807, 2.05) is 30.3 Å². The van der Waals surface area contributed by atoms with Gasteiger partial charge in [0.2, 0.25) is 0 Å². The number of aromatic nitrogens is 1. The maximum absolute atomic E-state index is 9.45. The zero-order valence-electron chi connectivity index (χ0n) is 9.43. The van der Waals surface area contributed by atoms with Gasteiger partial charge in [-0.3, -0.25) is 4.98 Å². The fourth-order valence-electron chi connectivity index (χ4n) is 2.16. The Morgan fingerprint density at radius 1 is 1.33 bits per heavy atom. The Morgan fingerprint density at radius 3 is 3.06 bits per heavy atom. The number of halogens is 1. The van der Waals surface area contributed by atoms with Crippen LogP contribution in [-0.2, 0) is 6.61 Å². The van der Waals surface area contributed by atoms with Crippen LogP contribution >= 0.6 is 15.9 Å². The second kappa shape index (κ2) is 4.43. The van der Waals surface area contributed by atoms with Crippen LogP contribution in [0.3, 0.4) is 0 Å². The quantitative estimate of drug-likeness (QED) is 0.749. The van der Waals surface area contributed by atoms with Crippen molar-refractivity contribution in [3.63, 3.8) is 0 Å². The number of hydrogen-bond acceptors (Lipinski definition) is 3. The first-order valence-electron chi connectivity index (χ1n) is 5.55. The molecule has 0 saturated carbocycles. The second-order valence-electron chi connectivity index (χ2n) is 4.07. The van der Waals surface area contributed by atoms with Gasteiger partial charge < -0.3 is 4.74 Å². The van der Waals surface area contributed by atoms with Crippen LogP contribution in [0.25, 0.3) is 0 Å². The van der Waals surface area contributed by atoms with Crippen molar-refractivity contribution in [1.29, 1.82) is 5.26 Å². The first kappa shape index (κ1) is 11.2. The lowest BCUT2D eigenvalue weighted by atomic mass is 9.92. The van der Waals surface area contributed by atoms with Crippen LogP contribution in [0.2, 0.25) is 0 Å². The Morgan fingerprint density at radius 2 is 2.22 bits per heavy atom. The molecule has 1 aliphatic heterocycles.